The molecule has 0 unspecified atom stereocenters. The van der Waals surface area contributed by atoms with Crippen molar-refractivity contribution in [3.05, 3.63) is 98.1 Å². The van der Waals surface area contributed by atoms with E-state index < -0.39 is 0 Å². The van der Waals surface area contributed by atoms with E-state index >= 15 is 0 Å². The van der Waals surface area contributed by atoms with Gasteiger partial charge in [-0.2, -0.15) is 0 Å². The lowest BCUT2D eigenvalue weighted by atomic mass is 10.2. The van der Waals surface area contributed by atoms with Gasteiger partial charge in [-0.25, -0.2) is 9.97 Å². The summed E-state index contributed by atoms with van der Waals surface area (Å²) in [6.45, 7) is 1.97. The summed E-state index contributed by atoms with van der Waals surface area (Å²) in [6, 6.07) is 16.6. The maximum Gasteiger partial charge on any atom is 0.266 e. The molecule has 0 saturated heterocycles. The second kappa shape index (κ2) is 7.55. The number of nitrogens with zero attached hydrogens (tertiary/aromatic N) is 4. The van der Waals surface area contributed by atoms with Gasteiger partial charge in [-0.3, -0.25) is 18.6 Å². The lowest BCUT2D eigenvalue weighted by Gasteiger charge is -2.15. The van der Waals surface area contributed by atoms with Crippen LogP contribution in [0.5, 0.6) is 0 Å². The molecule has 30 heavy (non-hydrogen) atoms. The third kappa shape index (κ3) is 3.24. The first-order valence-corrected chi connectivity index (χ1v) is 11.1. The van der Waals surface area contributed by atoms with Gasteiger partial charge in [0.15, 0.2) is 10.1 Å². The van der Waals surface area contributed by atoms with E-state index in [0.717, 1.165) is 11.3 Å². The number of benzene rings is 2. The summed E-state index contributed by atoms with van der Waals surface area (Å²) in [5.74, 6) is 0.431. The van der Waals surface area contributed by atoms with Crippen molar-refractivity contribution in [3.8, 4) is 5.69 Å². The highest BCUT2D eigenvalue weighted by atomic mass is 32.2. The number of fused-ring (bicyclic) bond motifs is 2. The SMILES string of the molecule is Cc1ccccc1-n1c(SCc2cc(=O)n3ccsc3n2)nc2ccccc2c1=O. The number of aryl methyl sites for hydroxylation is 1. The van der Waals surface area contributed by atoms with E-state index in [1.165, 1.54) is 33.6 Å². The molecule has 0 aliphatic carbocycles. The van der Waals surface area contributed by atoms with Crippen LogP contribution in [0.3, 0.4) is 0 Å². The Bertz CT molecular complexity index is 1520. The van der Waals surface area contributed by atoms with E-state index in [0.29, 0.717) is 32.5 Å². The second-order valence-electron chi connectivity index (χ2n) is 6.77. The van der Waals surface area contributed by atoms with E-state index in [2.05, 4.69) is 4.98 Å². The standard InChI is InChI=1S/C22H16N4O2S2/c1-14-6-2-5-9-18(14)26-20(28)16-7-3-4-8-17(16)24-22(26)30-13-15-12-19(27)25-10-11-29-21(25)23-15/h2-12H,13H2,1H3. The number of hydrogen-bond donors (Lipinski definition) is 0. The maximum atomic E-state index is 13.3. The third-order valence-electron chi connectivity index (χ3n) is 4.81. The van der Waals surface area contributed by atoms with Crippen LogP contribution in [-0.4, -0.2) is 18.9 Å². The largest absolute Gasteiger partial charge is 0.269 e. The van der Waals surface area contributed by atoms with Gasteiger partial charge < -0.3 is 0 Å². The molecular weight excluding hydrogens is 416 g/mol. The predicted molar refractivity (Wildman–Crippen MR) is 121 cm³/mol. The van der Waals surface area contributed by atoms with Crippen LogP contribution in [0.1, 0.15) is 11.3 Å². The van der Waals surface area contributed by atoms with Crippen molar-refractivity contribution in [2.24, 2.45) is 0 Å². The first-order chi connectivity index (χ1) is 14.6. The molecule has 5 aromatic rings. The van der Waals surface area contributed by atoms with Gasteiger partial charge in [-0.15, -0.1) is 11.3 Å². The van der Waals surface area contributed by atoms with E-state index in [4.69, 9.17) is 4.98 Å². The van der Waals surface area contributed by atoms with E-state index in [-0.39, 0.29) is 11.1 Å². The van der Waals surface area contributed by atoms with Gasteiger partial charge in [0.1, 0.15) is 0 Å². The lowest BCUT2D eigenvalue weighted by molar-refractivity contribution is 0.814. The first kappa shape index (κ1) is 18.8. The molecule has 3 aromatic heterocycles. The summed E-state index contributed by atoms with van der Waals surface area (Å²) < 4.78 is 3.18. The molecule has 0 N–H and O–H groups in total. The van der Waals surface area contributed by atoms with Crippen LogP contribution in [0.15, 0.2) is 80.9 Å². The Balaban J connectivity index is 1.64. The zero-order chi connectivity index (χ0) is 20.7. The highest BCUT2D eigenvalue weighted by Crippen LogP contribution is 2.25. The summed E-state index contributed by atoms with van der Waals surface area (Å²) in [4.78, 5) is 35.6. The molecule has 0 aliphatic rings. The van der Waals surface area contributed by atoms with Crippen LogP contribution < -0.4 is 11.1 Å². The van der Waals surface area contributed by atoms with Crippen molar-refractivity contribution in [1.82, 2.24) is 18.9 Å². The molecule has 0 amide bonds. The minimum atomic E-state index is -0.112. The smallest absolute Gasteiger partial charge is 0.266 e. The van der Waals surface area contributed by atoms with Gasteiger partial charge in [0.25, 0.3) is 11.1 Å². The quantitative estimate of drug-likeness (QED) is 0.316. The Morgan fingerprint density at radius 3 is 2.70 bits per heavy atom. The molecule has 2 aromatic carbocycles. The second-order valence-corrected chi connectivity index (χ2v) is 8.58. The van der Waals surface area contributed by atoms with Gasteiger partial charge in [0.2, 0.25) is 0 Å². The zero-order valence-corrected chi connectivity index (χ0v) is 17.6. The van der Waals surface area contributed by atoms with E-state index in [1.807, 2.05) is 54.8 Å². The number of thiazole rings is 1. The molecule has 0 aliphatic heterocycles. The van der Waals surface area contributed by atoms with Gasteiger partial charge in [-0.05, 0) is 30.7 Å². The summed E-state index contributed by atoms with van der Waals surface area (Å²) in [6.07, 6.45) is 1.72. The van der Waals surface area contributed by atoms with E-state index in [9.17, 15) is 9.59 Å². The lowest BCUT2D eigenvalue weighted by Crippen LogP contribution is -2.22. The van der Waals surface area contributed by atoms with Crippen LogP contribution >= 0.6 is 23.1 Å². The molecule has 0 radical (unpaired) electrons. The highest BCUT2D eigenvalue weighted by molar-refractivity contribution is 7.98. The van der Waals surface area contributed by atoms with Crippen molar-refractivity contribution < 1.29 is 0 Å². The van der Waals surface area contributed by atoms with Crippen LogP contribution in [-0.2, 0) is 5.75 Å². The summed E-state index contributed by atoms with van der Waals surface area (Å²) in [7, 11) is 0. The molecule has 0 bridgehead atoms. The minimum absolute atomic E-state index is 0.111. The Morgan fingerprint density at radius 2 is 1.83 bits per heavy atom. The first-order valence-electron chi connectivity index (χ1n) is 9.28. The van der Waals surface area contributed by atoms with Crippen molar-refractivity contribution in [1.29, 1.82) is 0 Å². The zero-order valence-electron chi connectivity index (χ0n) is 16.0. The third-order valence-corrected chi connectivity index (χ3v) is 6.54. The van der Waals surface area contributed by atoms with Gasteiger partial charge >= 0.3 is 0 Å². The number of rotatable bonds is 4. The summed E-state index contributed by atoms with van der Waals surface area (Å²) >= 11 is 2.81. The number of aromatic nitrogens is 4. The number of thioether (sulfide) groups is 1. The monoisotopic (exact) mass is 432 g/mol. The Kier molecular flexibility index (Phi) is 4.72. The molecular formula is C22H16N4O2S2. The fourth-order valence-electron chi connectivity index (χ4n) is 3.34. The fourth-order valence-corrected chi connectivity index (χ4v) is 4.97. The maximum absolute atomic E-state index is 13.3. The van der Waals surface area contributed by atoms with Crippen molar-refractivity contribution in [3.63, 3.8) is 0 Å². The Morgan fingerprint density at radius 1 is 1.03 bits per heavy atom. The van der Waals surface area contributed by atoms with Gasteiger partial charge in [-0.1, -0.05) is 42.1 Å². The topological polar surface area (TPSA) is 69.3 Å². The average molecular weight is 433 g/mol. The number of hydrogen-bond acceptors (Lipinski definition) is 6. The Hall–Kier alpha value is -3.23. The van der Waals surface area contributed by atoms with Gasteiger partial charge in [0, 0.05) is 23.4 Å². The molecule has 0 spiro atoms. The molecule has 8 heteroatoms. The van der Waals surface area contributed by atoms with Crippen LogP contribution in [0, 0.1) is 6.92 Å². The van der Waals surface area contributed by atoms with Crippen molar-refractivity contribution in [2.45, 2.75) is 17.8 Å². The predicted octanol–water partition coefficient (Wildman–Crippen LogP) is 4.06. The van der Waals surface area contributed by atoms with Crippen LogP contribution in [0.4, 0.5) is 0 Å². The van der Waals surface area contributed by atoms with Crippen molar-refractivity contribution >= 4 is 39.0 Å². The van der Waals surface area contributed by atoms with E-state index in [1.54, 1.807) is 16.8 Å². The summed E-state index contributed by atoms with van der Waals surface area (Å²) in [5.41, 5.74) is 2.86. The van der Waals surface area contributed by atoms with Crippen LogP contribution in [0.25, 0.3) is 21.6 Å². The fraction of sp³-hybridized carbons (Fsp3) is 0.0909. The normalized spacial score (nSPS) is 11.4. The van der Waals surface area contributed by atoms with Crippen LogP contribution in [0.2, 0.25) is 0 Å². The minimum Gasteiger partial charge on any atom is -0.269 e. The Labute approximate surface area is 179 Å². The molecule has 0 atom stereocenters. The average Bonchev–Trinajstić information content (AvgIpc) is 3.23. The molecule has 148 valence electrons. The molecule has 0 saturated carbocycles. The molecule has 3 heterocycles. The summed E-state index contributed by atoms with van der Waals surface area (Å²) in [5, 5.41) is 2.98. The molecule has 6 nitrogen and oxygen atoms in total. The molecule has 0 fully saturated rings. The molecule has 5 rings (SSSR count). The number of para-hydroxylation sites is 2. The highest BCUT2D eigenvalue weighted by Gasteiger charge is 2.15. The van der Waals surface area contributed by atoms with Crippen molar-refractivity contribution in [2.75, 3.05) is 0 Å². The van der Waals surface area contributed by atoms with Gasteiger partial charge in [0.05, 0.1) is 22.3 Å².